The van der Waals surface area contributed by atoms with Gasteiger partial charge in [0.2, 0.25) is 0 Å². The minimum Gasteiger partial charge on any atom is -0.484 e. The molecule has 2 aromatic heterocycles. The normalized spacial score (nSPS) is 11.7. The lowest BCUT2D eigenvalue weighted by Crippen LogP contribution is -2.19. The van der Waals surface area contributed by atoms with Crippen molar-refractivity contribution in [1.82, 2.24) is 9.78 Å². The summed E-state index contributed by atoms with van der Waals surface area (Å²) < 4.78 is 42.7. The number of halogens is 3. The van der Waals surface area contributed by atoms with E-state index < -0.39 is 12.8 Å². The molecule has 25 heavy (non-hydrogen) atoms. The van der Waals surface area contributed by atoms with E-state index in [-0.39, 0.29) is 11.7 Å². The average molecular weight is 369 g/mol. The Hall–Kier alpha value is -2.55. The molecule has 2 heterocycles. The van der Waals surface area contributed by atoms with Crippen molar-refractivity contribution in [2.75, 3.05) is 11.9 Å². The molecule has 9 heteroatoms. The van der Waals surface area contributed by atoms with Crippen LogP contribution >= 0.6 is 11.3 Å². The molecule has 1 aromatic carbocycles. The molecule has 3 aromatic rings. The Morgan fingerprint density at radius 2 is 2.00 bits per heavy atom. The number of alkyl halides is 3. The van der Waals surface area contributed by atoms with Crippen molar-refractivity contribution in [3.63, 3.8) is 0 Å². The number of aryl methyl sites for hydroxylation is 2. The number of nitrogens with zero attached hydrogens (tertiary/aromatic N) is 2. The Kier molecular flexibility index (Phi) is 4.42. The molecule has 3 rings (SSSR count). The van der Waals surface area contributed by atoms with Crippen LogP contribution in [0.15, 0.2) is 30.3 Å². The van der Waals surface area contributed by atoms with Crippen molar-refractivity contribution in [1.29, 1.82) is 0 Å². The molecule has 0 atom stereocenters. The van der Waals surface area contributed by atoms with Crippen LogP contribution in [0.5, 0.6) is 5.75 Å². The number of benzene rings is 1. The van der Waals surface area contributed by atoms with Gasteiger partial charge in [-0.3, -0.25) is 9.48 Å². The molecule has 0 bridgehead atoms. The van der Waals surface area contributed by atoms with Gasteiger partial charge in [-0.05, 0) is 37.3 Å². The lowest BCUT2D eigenvalue weighted by Gasteiger charge is -2.09. The Morgan fingerprint density at radius 1 is 1.32 bits per heavy atom. The minimum absolute atomic E-state index is 0.0823. The maximum Gasteiger partial charge on any atom is 0.422 e. The molecule has 0 unspecified atom stereocenters. The van der Waals surface area contributed by atoms with Gasteiger partial charge < -0.3 is 10.1 Å². The molecule has 0 aliphatic heterocycles. The van der Waals surface area contributed by atoms with Crippen LogP contribution < -0.4 is 10.1 Å². The molecule has 0 aliphatic rings. The number of hydrogen-bond donors (Lipinski definition) is 1. The Labute approximate surface area is 145 Å². The number of carbonyl (C=O) groups is 1. The first kappa shape index (κ1) is 17.3. The Balaban J connectivity index is 1.68. The highest BCUT2D eigenvalue weighted by atomic mass is 32.1. The number of amides is 1. The molecule has 0 fully saturated rings. The zero-order valence-corrected chi connectivity index (χ0v) is 14.2. The van der Waals surface area contributed by atoms with Crippen LogP contribution in [0, 0.1) is 6.92 Å². The summed E-state index contributed by atoms with van der Waals surface area (Å²) in [5.74, 6) is -0.205. The van der Waals surface area contributed by atoms with E-state index in [9.17, 15) is 18.0 Å². The summed E-state index contributed by atoms with van der Waals surface area (Å²) in [6, 6.07) is 7.51. The second-order valence-electron chi connectivity index (χ2n) is 5.42. The molecule has 1 amide bonds. The van der Waals surface area contributed by atoms with Crippen molar-refractivity contribution in [3.8, 4) is 5.75 Å². The zero-order chi connectivity index (χ0) is 18.2. The number of anilines is 1. The van der Waals surface area contributed by atoms with E-state index in [0.29, 0.717) is 10.6 Å². The van der Waals surface area contributed by atoms with Crippen LogP contribution in [0.3, 0.4) is 0 Å². The fourth-order valence-electron chi connectivity index (χ4n) is 2.31. The molecule has 0 aliphatic carbocycles. The van der Waals surface area contributed by atoms with Crippen LogP contribution in [-0.4, -0.2) is 28.5 Å². The Morgan fingerprint density at radius 3 is 2.60 bits per heavy atom. The van der Waals surface area contributed by atoms with E-state index in [0.717, 1.165) is 15.9 Å². The summed E-state index contributed by atoms with van der Waals surface area (Å²) in [4.78, 5) is 13.8. The van der Waals surface area contributed by atoms with Crippen LogP contribution in [0.25, 0.3) is 10.2 Å². The summed E-state index contributed by atoms with van der Waals surface area (Å²) in [5, 5.41) is 7.92. The molecule has 0 spiro atoms. The standard InChI is InChI=1S/C16H14F3N3O2S/c1-9-12-7-13(25-15(12)22(2)21-9)14(23)20-10-3-5-11(6-4-10)24-8-16(17,18)19/h3-7H,8H2,1-2H3,(H,20,23). The third-order valence-electron chi connectivity index (χ3n) is 3.43. The second-order valence-corrected chi connectivity index (χ2v) is 6.45. The van der Waals surface area contributed by atoms with Crippen molar-refractivity contribution in [2.24, 2.45) is 7.05 Å². The van der Waals surface area contributed by atoms with Gasteiger partial charge in [0, 0.05) is 18.1 Å². The lowest BCUT2D eigenvalue weighted by atomic mass is 10.2. The maximum atomic E-state index is 12.3. The van der Waals surface area contributed by atoms with Gasteiger partial charge in [-0.15, -0.1) is 11.3 Å². The van der Waals surface area contributed by atoms with Crippen LogP contribution in [0.4, 0.5) is 18.9 Å². The molecular weight excluding hydrogens is 355 g/mol. The fraction of sp³-hybridized carbons (Fsp3) is 0.250. The molecule has 0 radical (unpaired) electrons. The van der Waals surface area contributed by atoms with Gasteiger partial charge in [-0.2, -0.15) is 18.3 Å². The average Bonchev–Trinajstić information content (AvgIpc) is 3.08. The predicted molar refractivity (Wildman–Crippen MR) is 89.3 cm³/mol. The van der Waals surface area contributed by atoms with Gasteiger partial charge in [0.05, 0.1) is 10.6 Å². The molecule has 5 nitrogen and oxygen atoms in total. The number of hydrogen-bond acceptors (Lipinski definition) is 4. The summed E-state index contributed by atoms with van der Waals surface area (Å²) in [6.45, 7) is 0.518. The van der Waals surface area contributed by atoms with Crippen molar-refractivity contribution in [2.45, 2.75) is 13.1 Å². The maximum absolute atomic E-state index is 12.3. The highest BCUT2D eigenvalue weighted by Gasteiger charge is 2.28. The summed E-state index contributed by atoms with van der Waals surface area (Å²) >= 11 is 1.32. The van der Waals surface area contributed by atoms with E-state index in [1.165, 1.54) is 35.6 Å². The van der Waals surface area contributed by atoms with E-state index in [4.69, 9.17) is 0 Å². The first-order valence-corrected chi connectivity index (χ1v) is 8.09. The zero-order valence-electron chi connectivity index (χ0n) is 13.3. The number of fused-ring (bicyclic) bond motifs is 1. The topological polar surface area (TPSA) is 56.2 Å². The van der Waals surface area contributed by atoms with Crippen LogP contribution in [-0.2, 0) is 7.05 Å². The van der Waals surface area contributed by atoms with Gasteiger partial charge >= 0.3 is 6.18 Å². The quantitative estimate of drug-likeness (QED) is 0.752. The SMILES string of the molecule is Cc1nn(C)c2sc(C(=O)Nc3ccc(OCC(F)(F)F)cc3)cc12. The highest BCUT2D eigenvalue weighted by molar-refractivity contribution is 7.20. The number of nitrogens with one attached hydrogen (secondary N) is 1. The van der Waals surface area contributed by atoms with Crippen molar-refractivity contribution in [3.05, 3.63) is 40.9 Å². The Bertz CT molecular complexity index is 879. The van der Waals surface area contributed by atoms with E-state index >= 15 is 0 Å². The molecule has 132 valence electrons. The van der Waals surface area contributed by atoms with E-state index in [1.807, 2.05) is 14.0 Å². The molecular formula is C16H14F3N3O2S. The summed E-state index contributed by atoms with van der Waals surface area (Å²) in [7, 11) is 1.81. The molecule has 1 N–H and O–H groups in total. The summed E-state index contributed by atoms with van der Waals surface area (Å²) in [6.07, 6.45) is -4.39. The van der Waals surface area contributed by atoms with Gasteiger partial charge in [-0.1, -0.05) is 0 Å². The lowest BCUT2D eigenvalue weighted by molar-refractivity contribution is -0.153. The monoisotopic (exact) mass is 369 g/mol. The first-order valence-electron chi connectivity index (χ1n) is 7.27. The van der Waals surface area contributed by atoms with Crippen molar-refractivity contribution >= 4 is 33.1 Å². The number of rotatable bonds is 4. The van der Waals surface area contributed by atoms with Gasteiger partial charge in [0.1, 0.15) is 10.6 Å². The second kappa shape index (κ2) is 6.40. The van der Waals surface area contributed by atoms with Crippen molar-refractivity contribution < 1.29 is 22.7 Å². The molecule has 0 saturated heterocycles. The van der Waals surface area contributed by atoms with E-state index in [1.54, 1.807) is 10.7 Å². The predicted octanol–water partition coefficient (Wildman–Crippen LogP) is 4.14. The third kappa shape index (κ3) is 3.93. The fourth-order valence-corrected chi connectivity index (χ4v) is 3.33. The number of carbonyl (C=O) groups excluding carboxylic acids is 1. The largest absolute Gasteiger partial charge is 0.484 e. The first-order chi connectivity index (χ1) is 11.7. The summed E-state index contributed by atoms with van der Waals surface area (Å²) in [5.41, 5.74) is 1.32. The number of ether oxygens (including phenoxy) is 1. The van der Waals surface area contributed by atoms with Gasteiger partial charge in [-0.25, -0.2) is 0 Å². The van der Waals surface area contributed by atoms with Crippen LogP contribution in [0.1, 0.15) is 15.4 Å². The third-order valence-corrected chi connectivity index (χ3v) is 4.64. The van der Waals surface area contributed by atoms with Gasteiger partial charge in [0.25, 0.3) is 5.91 Å². The van der Waals surface area contributed by atoms with E-state index in [2.05, 4.69) is 15.2 Å². The van der Waals surface area contributed by atoms with Gasteiger partial charge in [0.15, 0.2) is 6.61 Å². The smallest absolute Gasteiger partial charge is 0.422 e. The molecule has 0 saturated carbocycles. The van der Waals surface area contributed by atoms with Crippen LogP contribution in [0.2, 0.25) is 0 Å². The number of thiophene rings is 1. The minimum atomic E-state index is -4.39. The highest BCUT2D eigenvalue weighted by Crippen LogP contribution is 2.28. The number of aromatic nitrogens is 2.